The molecule has 0 bridgehead atoms. The number of aromatic nitrogens is 1. The Bertz CT molecular complexity index is 688. The second kappa shape index (κ2) is 6.03. The van der Waals surface area contributed by atoms with Crippen LogP contribution in [0, 0.1) is 0 Å². The summed E-state index contributed by atoms with van der Waals surface area (Å²) in [5.41, 5.74) is 9.17. The second-order valence-electron chi connectivity index (χ2n) is 4.74. The molecule has 0 aliphatic heterocycles. The van der Waals surface area contributed by atoms with Gasteiger partial charge in [-0.05, 0) is 47.8 Å². The molecule has 3 nitrogen and oxygen atoms in total. The van der Waals surface area contributed by atoms with Crippen LogP contribution in [0.2, 0.25) is 0 Å². The van der Waals surface area contributed by atoms with Gasteiger partial charge in [0.1, 0.15) is 5.00 Å². The SMILES string of the molecule is NCCc1ccc(CNc2snc3ccccc23)cc1. The van der Waals surface area contributed by atoms with Gasteiger partial charge in [0.05, 0.1) is 5.52 Å². The van der Waals surface area contributed by atoms with Gasteiger partial charge in [-0.2, -0.15) is 4.37 Å². The fourth-order valence-corrected chi connectivity index (χ4v) is 2.95. The van der Waals surface area contributed by atoms with Crippen molar-refractivity contribution in [2.45, 2.75) is 13.0 Å². The van der Waals surface area contributed by atoms with Crippen LogP contribution in [0.5, 0.6) is 0 Å². The van der Waals surface area contributed by atoms with Gasteiger partial charge in [0.2, 0.25) is 0 Å². The molecule has 3 N–H and O–H groups in total. The molecule has 3 aromatic rings. The number of rotatable bonds is 5. The molecule has 0 radical (unpaired) electrons. The average Bonchev–Trinajstić information content (AvgIpc) is 2.90. The van der Waals surface area contributed by atoms with Crippen LogP contribution in [-0.4, -0.2) is 10.9 Å². The molecule has 2 aromatic carbocycles. The minimum Gasteiger partial charge on any atom is -0.371 e. The number of nitrogens with one attached hydrogen (secondary N) is 1. The van der Waals surface area contributed by atoms with Crippen molar-refractivity contribution in [2.75, 3.05) is 11.9 Å². The summed E-state index contributed by atoms with van der Waals surface area (Å²) in [6, 6.07) is 16.8. The fraction of sp³-hybridized carbons (Fsp3) is 0.188. The van der Waals surface area contributed by atoms with Crippen LogP contribution in [0.25, 0.3) is 10.9 Å². The highest BCUT2D eigenvalue weighted by Crippen LogP contribution is 2.27. The summed E-state index contributed by atoms with van der Waals surface area (Å²) < 4.78 is 4.43. The van der Waals surface area contributed by atoms with Gasteiger partial charge >= 0.3 is 0 Å². The van der Waals surface area contributed by atoms with Crippen molar-refractivity contribution >= 4 is 27.4 Å². The third-order valence-corrected chi connectivity index (χ3v) is 4.13. The van der Waals surface area contributed by atoms with Crippen molar-refractivity contribution < 1.29 is 0 Å². The van der Waals surface area contributed by atoms with Crippen LogP contribution >= 0.6 is 11.5 Å². The molecule has 0 spiro atoms. The van der Waals surface area contributed by atoms with Crippen molar-refractivity contribution in [3.63, 3.8) is 0 Å². The molecule has 0 aliphatic rings. The molecule has 3 rings (SSSR count). The Morgan fingerprint density at radius 3 is 2.55 bits per heavy atom. The van der Waals surface area contributed by atoms with E-state index in [1.165, 1.54) is 28.0 Å². The smallest absolute Gasteiger partial charge is 0.117 e. The number of nitrogens with zero attached hydrogens (tertiary/aromatic N) is 1. The zero-order valence-electron chi connectivity index (χ0n) is 11.2. The van der Waals surface area contributed by atoms with Crippen LogP contribution in [-0.2, 0) is 13.0 Å². The lowest BCUT2D eigenvalue weighted by Crippen LogP contribution is -2.03. The topological polar surface area (TPSA) is 50.9 Å². The molecular weight excluding hydrogens is 266 g/mol. The Morgan fingerprint density at radius 1 is 1.00 bits per heavy atom. The highest BCUT2D eigenvalue weighted by atomic mass is 32.1. The number of hydrogen-bond acceptors (Lipinski definition) is 4. The van der Waals surface area contributed by atoms with Crippen LogP contribution < -0.4 is 11.1 Å². The maximum Gasteiger partial charge on any atom is 0.117 e. The molecule has 0 unspecified atom stereocenters. The van der Waals surface area contributed by atoms with Crippen LogP contribution in [0.15, 0.2) is 48.5 Å². The molecule has 0 fully saturated rings. The minimum atomic E-state index is 0.699. The van der Waals surface area contributed by atoms with Gasteiger partial charge in [0.25, 0.3) is 0 Å². The van der Waals surface area contributed by atoms with Gasteiger partial charge in [-0.15, -0.1) is 0 Å². The lowest BCUT2D eigenvalue weighted by atomic mass is 10.1. The number of anilines is 1. The Hall–Kier alpha value is -1.91. The largest absolute Gasteiger partial charge is 0.371 e. The molecular formula is C16H17N3S. The van der Waals surface area contributed by atoms with Gasteiger partial charge < -0.3 is 11.1 Å². The van der Waals surface area contributed by atoms with E-state index in [1.54, 1.807) is 0 Å². The third kappa shape index (κ3) is 2.81. The van der Waals surface area contributed by atoms with E-state index < -0.39 is 0 Å². The summed E-state index contributed by atoms with van der Waals surface area (Å²) in [5, 5.41) is 5.79. The summed E-state index contributed by atoms with van der Waals surface area (Å²) in [7, 11) is 0. The summed E-state index contributed by atoms with van der Waals surface area (Å²) in [6.07, 6.45) is 0.938. The lowest BCUT2D eigenvalue weighted by Gasteiger charge is -2.05. The first-order valence-corrected chi connectivity index (χ1v) is 7.50. The summed E-state index contributed by atoms with van der Waals surface area (Å²) in [4.78, 5) is 0. The van der Waals surface area contributed by atoms with Crippen LogP contribution in [0.3, 0.4) is 0 Å². The molecule has 0 saturated heterocycles. The third-order valence-electron chi connectivity index (χ3n) is 3.29. The lowest BCUT2D eigenvalue weighted by molar-refractivity contribution is 0.966. The van der Waals surface area contributed by atoms with Crippen molar-refractivity contribution in [1.82, 2.24) is 4.37 Å². The molecule has 102 valence electrons. The van der Waals surface area contributed by atoms with Crippen molar-refractivity contribution in [3.05, 3.63) is 59.7 Å². The van der Waals surface area contributed by atoms with E-state index in [0.29, 0.717) is 6.54 Å². The number of benzene rings is 2. The highest BCUT2D eigenvalue weighted by Gasteiger charge is 2.04. The molecule has 4 heteroatoms. The van der Waals surface area contributed by atoms with Gasteiger partial charge in [0, 0.05) is 11.9 Å². The van der Waals surface area contributed by atoms with E-state index in [-0.39, 0.29) is 0 Å². The Balaban J connectivity index is 1.69. The van der Waals surface area contributed by atoms with Crippen molar-refractivity contribution in [3.8, 4) is 0 Å². The standard InChI is InChI=1S/C16H17N3S/c17-10-9-12-5-7-13(8-6-12)11-18-16-14-3-1-2-4-15(14)19-20-16/h1-8,18H,9-11,17H2. The summed E-state index contributed by atoms with van der Waals surface area (Å²) in [6.45, 7) is 1.51. The van der Waals surface area contributed by atoms with Gasteiger partial charge in [-0.1, -0.05) is 36.4 Å². The van der Waals surface area contributed by atoms with E-state index in [1.807, 2.05) is 18.2 Å². The first-order valence-electron chi connectivity index (χ1n) is 6.73. The Kier molecular flexibility index (Phi) is 3.95. The quantitative estimate of drug-likeness (QED) is 0.754. The molecule has 0 atom stereocenters. The maximum atomic E-state index is 5.56. The first-order chi connectivity index (χ1) is 9.86. The normalized spacial score (nSPS) is 10.8. The molecule has 1 heterocycles. The average molecular weight is 283 g/mol. The van der Waals surface area contributed by atoms with E-state index in [0.717, 1.165) is 23.5 Å². The monoisotopic (exact) mass is 283 g/mol. The van der Waals surface area contributed by atoms with E-state index >= 15 is 0 Å². The minimum absolute atomic E-state index is 0.699. The van der Waals surface area contributed by atoms with Gasteiger partial charge in [0.15, 0.2) is 0 Å². The maximum absolute atomic E-state index is 5.56. The highest BCUT2D eigenvalue weighted by molar-refractivity contribution is 7.11. The number of hydrogen-bond donors (Lipinski definition) is 2. The van der Waals surface area contributed by atoms with E-state index in [9.17, 15) is 0 Å². The predicted molar refractivity (Wildman–Crippen MR) is 86.1 cm³/mol. The number of fused-ring (bicyclic) bond motifs is 1. The first kappa shape index (κ1) is 13.1. The molecule has 0 aliphatic carbocycles. The summed E-state index contributed by atoms with van der Waals surface area (Å²) in [5.74, 6) is 0. The zero-order chi connectivity index (χ0) is 13.8. The van der Waals surface area contributed by atoms with Crippen molar-refractivity contribution in [1.29, 1.82) is 0 Å². The van der Waals surface area contributed by atoms with Crippen molar-refractivity contribution in [2.24, 2.45) is 5.73 Å². The molecule has 20 heavy (non-hydrogen) atoms. The van der Waals surface area contributed by atoms with Crippen LogP contribution in [0.4, 0.5) is 5.00 Å². The Morgan fingerprint density at radius 2 is 1.75 bits per heavy atom. The molecule has 0 amide bonds. The predicted octanol–water partition coefficient (Wildman–Crippen LogP) is 3.41. The van der Waals surface area contributed by atoms with Gasteiger partial charge in [-0.25, -0.2) is 0 Å². The van der Waals surface area contributed by atoms with Crippen LogP contribution in [0.1, 0.15) is 11.1 Å². The summed E-state index contributed by atoms with van der Waals surface area (Å²) >= 11 is 1.52. The zero-order valence-corrected chi connectivity index (χ0v) is 12.0. The van der Waals surface area contributed by atoms with E-state index in [2.05, 4.69) is 40.0 Å². The number of nitrogens with two attached hydrogens (primary N) is 1. The van der Waals surface area contributed by atoms with Gasteiger partial charge in [-0.3, -0.25) is 0 Å². The van der Waals surface area contributed by atoms with E-state index in [4.69, 9.17) is 5.73 Å². The fourth-order valence-electron chi connectivity index (χ4n) is 2.19. The second-order valence-corrected chi connectivity index (χ2v) is 5.51. The molecule has 0 saturated carbocycles. The Labute approximate surface area is 122 Å². The molecule has 1 aromatic heterocycles.